The second-order valence-electron chi connectivity index (χ2n) is 5.74. The topological polar surface area (TPSA) is 88.7 Å². The van der Waals surface area contributed by atoms with Gasteiger partial charge in [-0.05, 0) is 45.4 Å². The Morgan fingerprint density at radius 3 is 2.26 bits per heavy atom. The number of nitrogens with one attached hydrogen (secondary N) is 1. The van der Waals surface area contributed by atoms with E-state index in [-0.39, 0.29) is 24.2 Å². The fourth-order valence-corrected chi connectivity index (χ4v) is 2.79. The van der Waals surface area contributed by atoms with Crippen molar-refractivity contribution in [2.75, 3.05) is 24.7 Å². The Bertz CT molecular complexity index is 910. The van der Waals surface area contributed by atoms with Crippen molar-refractivity contribution in [1.82, 2.24) is 4.98 Å². The van der Waals surface area contributed by atoms with E-state index in [1.807, 2.05) is 13.8 Å². The van der Waals surface area contributed by atoms with Crippen LogP contribution in [0.2, 0.25) is 0 Å². The molecule has 1 N–H and O–H groups in total. The van der Waals surface area contributed by atoms with Crippen LogP contribution in [-0.4, -0.2) is 36.7 Å². The Morgan fingerprint density at radius 2 is 1.70 bits per heavy atom. The molecule has 0 saturated carbocycles. The summed E-state index contributed by atoms with van der Waals surface area (Å²) in [7, 11) is 0. The van der Waals surface area contributed by atoms with Crippen LogP contribution < -0.4 is 10.3 Å². The zero-order valence-electron chi connectivity index (χ0n) is 16.0. The van der Waals surface area contributed by atoms with Crippen LogP contribution in [0.15, 0.2) is 41.0 Å². The van der Waals surface area contributed by atoms with Gasteiger partial charge < -0.3 is 19.4 Å². The SMILES string of the molecule is CCOC(=O)C(=CN(CC)c1ccc2c(=O)cc[nH]c2c1C)C(=O)OCC. The minimum Gasteiger partial charge on any atom is -0.462 e. The van der Waals surface area contributed by atoms with Crippen molar-refractivity contribution in [2.45, 2.75) is 27.7 Å². The molecule has 0 radical (unpaired) electrons. The molecule has 27 heavy (non-hydrogen) atoms. The van der Waals surface area contributed by atoms with E-state index in [2.05, 4.69) is 4.98 Å². The summed E-state index contributed by atoms with van der Waals surface area (Å²) in [4.78, 5) is 41.3. The number of carbonyl (C=O) groups is 2. The molecule has 144 valence electrons. The van der Waals surface area contributed by atoms with Gasteiger partial charge in [-0.15, -0.1) is 0 Å². The molecule has 0 amide bonds. The van der Waals surface area contributed by atoms with Crippen molar-refractivity contribution in [3.63, 3.8) is 0 Å². The van der Waals surface area contributed by atoms with Crippen LogP contribution in [0.5, 0.6) is 0 Å². The highest BCUT2D eigenvalue weighted by atomic mass is 16.6. The minimum atomic E-state index is -0.735. The van der Waals surface area contributed by atoms with Crippen LogP contribution in [0.3, 0.4) is 0 Å². The lowest BCUT2D eigenvalue weighted by atomic mass is 10.1. The average Bonchev–Trinajstić information content (AvgIpc) is 2.64. The molecule has 2 aromatic rings. The third kappa shape index (κ3) is 4.36. The third-order valence-corrected chi connectivity index (χ3v) is 4.09. The number of aryl methyl sites for hydroxylation is 1. The zero-order valence-corrected chi connectivity index (χ0v) is 16.0. The number of H-pyrrole nitrogens is 1. The molecule has 0 fully saturated rings. The van der Waals surface area contributed by atoms with Crippen LogP contribution in [0.25, 0.3) is 10.9 Å². The van der Waals surface area contributed by atoms with Crippen LogP contribution in [-0.2, 0) is 19.1 Å². The Kier molecular flexibility index (Phi) is 6.76. The molecule has 7 heteroatoms. The number of carbonyl (C=O) groups excluding carboxylic acids is 2. The predicted molar refractivity (Wildman–Crippen MR) is 104 cm³/mol. The number of esters is 2. The van der Waals surface area contributed by atoms with Gasteiger partial charge in [0.2, 0.25) is 0 Å². The zero-order chi connectivity index (χ0) is 20.0. The first kappa shape index (κ1) is 20.2. The van der Waals surface area contributed by atoms with E-state index in [1.165, 1.54) is 12.3 Å². The molecule has 2 rings (SSSR count). The molecule has 0 aliphatic heterocycles. The van der Waals surface area contributed by atoms with Gasteiger partial charge in [0.05, 0.1) is 18.7 Å². The standard InChI is InChI=1S/C20H24N2O5/c1-5-22(12-15(19(24)26-6-2)20(25)27-7-3)16-9-8-14-17(23)10-11-21-18(14)13(16)4/h8-12H,5-7H2,1-4H3,(H,21,23). The number of benzene rings is 1. The van der Waals surface area contributed by atoms with E-state index < -0.39 is 11.9 Å². The lowest BCUT2D eigenvalue weighted by molar-refractivity contribution is -0.146. The summed E-state index contributed by atoms with van der Waals surface area (Å²) < 4.78 is 9.97. The lowest BCUT2D eigenvalue weighted by Gasteiger charge is -2.22. The second kappa shape index (κ2) is 9.02. The number of hydrogen-bond donors (Lipinski definition) is 1. The summed E-state index contributed by atoms with van der Waals surface area (Å²) in [6.45, 7) is 7.89. The summed E-state index contributed by atoms with van der Waals surface area (Å²) in [5, 5.41) is 0.579. The Hall–Kier alpha value is -3.09. The molecular formula is C20H24N2O5. The van der Waals surface area contributed by atoms with Crippen LogP contribution in [0.4, 0.5) is 5.69 Å². The van der Waals surface area contributed by atoms with Crippen molar-refractivity contribution >= 4 is 28.5 Å². The van der Waals surface area contributed by atoms with E-state index in [4.69, 9.17) is 9.47 Å². The van der Waals surface area contributed by atoms with Gasteiger partial charge in [0.25, 0.3) is 0 Å². The summed E-state index contributed by atoms with van der Waals surface area (Å²) >= 11 is 0. The maximum Gasteiger partial charge on any atom is 0.347 e. The molecule has 0 aliphatic rings. The number of pyridine rings is 1. The average molecular weight is 372 g/mol. The van der Waals surface area contributed by atoms with Crippen molar-refractivity contribution in [1.29, 1.82) is 0 Å². The number of fused-ring (bicyclic) bond motifs is 1. The van der Waals surface area contributed by atoms with Crippen molar-refractivity contribution in [3.05, 3.63) is 52.0 Å². The van der Waals surface area contributed by atoms with Crippen LogP contribution >= 0.6 is 0 Å². The number of aromatic nitrogens is 1. The van der Waals surface area contributed by atoms with E-state index in [0.29, 0.717) is 17.4 Å². The molecule has 0 atom stereocenters. The summed E-state index contributed by atoms with van der Waals surface area (Å²) in [5.41, 5.74) is 2.05. The van der Waals surface area contributed by atoms with Gasteiger partial charge >= 0.3 is 11.9 Å². The highest BCUT2D eigenvalue weighted by Crippen LogP contribution is 2.26. The van der Waals surface area contributed by atoms with Crippen LogP contribution in [0, 0.1) is 6.92 Å². The highest BCUT2D eigenvalue weighted by Gasteiger charge is 2.23. The Labute approximate surface area is 157 Å². The molecule has 7 nitrogen and oxygen atoms in total. The van der Waals surface area contributed by atoms with Crippen molar-refractivity contribution < 1.29 is 19.1 Å². The quantitative estimate of drug-likeness (QED) is 0.348. The molecule has 0 aliphatic carbocycles. The van der Waals surface area contributed by atoms with E-state index in [9.17, 15) is 14.4 Å². The molecule has 1 aromatic carbocycles. The first-order chi connectivity index (χ1) is 12.9. The summed E-state index contributed by atoms with van der Waals surface area (Å²) in [5.74, 6) is -1.47. The molecule has 0 spiro atoms. The van der Waals surface area contributed by atoms with Gasteiger partial charge in [-0.1, -0.05) is 0 Å². The van der Waals surface area contributed by atoms with E-state index in [1.54, 1.807) is 37.1 Å². The molecule has 0 unspecified atom stereocenters. The van der Waals surface area contributed by atoms with Crippen molar-refractivity contribution in [3.8, 4) is 0 Å². The van der Waals surface area contributed by atoms with Crippen molar-refractivity contribution in [2.24, 2.45) is 0 Å². The third-order valence-electron chi connectivity index (χ3n) is 4.09. The number of hydrogen-bond acceptors (Lipinski definition) is 6. The number of nitrogens with zero attached hydrogens (tertiary/aromatic N) is 1. The first-order valence-electron chi connectivity index (χ1n) is 8.88. The number of rotatable bonds is 7. The summed E-state index contributed by atoms with van der Waals surface area (Å²) in [6.07, 6.45) is 3.03. The fraction of sp³-hybridized carbons (Fsp3) is 0.350. The highest BCUT2D eigenvalue weighted by molar-refractivity contribution is 6.14. The largest absolute Gasteiger partial charge is 0.462 e. The molecule has 0 saturated heterocycles. The van der Waals surface area contributed by atoms with Crippen LogP contribution in [0.1, 0.15) is 26.3 Å². The maximum atomic E-state index is 12.2. The Morgan fingerprint density at radius 1 is 1.07 bits per heavy atom. The van der Waals surface area contributed by atoms with Gasteiger partial charge in [0.15, 0.2) is 11.0 Å². The van der Waals surface area contributed by atoms with E-state index >= 15 is 0 Å². The number of anilines is 1. The van der Waals surface area contributed by atoms with Gasteiger partial charge in [-0.25, -0.2) is 9.59 Å². The summed E-state index contributed by atoms with van der Waals surface area (Å²) in [6, 6.07) is 4.99. The predicted octanol–water partition coefficient (Wildman–Crippen LogP) is 2.67. The van der Waals surface area contributed by atoms with Gasteiger partial charge in [-0.3, -0.25) is 4.79 Å². The smallest absolute Gasteiger partial charge is 0.347 e. The monoisotopic (exact) mass is 372 g/mol. The normalized spacial score (nSPS) is 10.4. The number of aromatic amines is 1. The van der Waals surface area contributed by atoms with E-state index in [0.717, 1.165) is 11.3 Å². The fourth-order valence-electron chi connectivity index (χ4n) is 2.79. The lowest BCUT2D eigenvalue weighted by Crippen LogP contribution is -2.24. The second-order valence-corrected chi connectivity index (χ2v) is 5.74. The molecule has 1 aromatic heterocycles. The van der Waals surface area contributed by atoms with Gasteiger partial charge in [-0.2, -0.15) is 0 Å². The van der Waals surface area contributed by atoms with Gasteiger partial charge in [0, 0.05) is 36.1 Å². The molecule has 1 heterocycles. The maximum absolute atomic E-state index is 12.2. The molecular weight excluding hydrogens is 348 g/mol. The number of ether oxygens (including phenoxy) is 2. The molecule has 0 bridgehead atoms. The minimum absolute atomic E-state index is 0.0734. The Balaban J connectivity index is 2.56. The first-order valence-corrected chi connectivity index (χ1v) is 8.88. The van der Waals surface area contributed by atoms with Gasteiger partial charge in [0.1, 0.15) is 0 Å².